The normalized spacial score (nSPS) is 21.1. The fourth-order valence-electron chi connectivity index (χ4n) is 2.34. The summed E-state index contributed by atoms with van der Waals surface area (Å²) in [6.45, 7) is 9.97. The number of hydrogen-bond donors (Lipinski definition) is 2. The molecule has 4 nitrogen and oxygen atoms in total. The Hall–Kier alpha value is -0.610. The molecule has 0 aromatic heterocycles. The van der Waals surface area contributed by atoms with Crippen molar-refractivity contribution in [2.24, 2.45) is 5.92 Å². The summed E-state index contributed by atoms with van der Waals surface area (Å²) in [4.78, 5) is 14.0. The van der Waals surface area contributed by atoms with E-state index in [1.54, 1.807) is 0 Å². The highest BCUT2D eigenvalue weighted by Crippen LogP contribution is 2.11. The Kier molecular flexibility index (Phi) is 6.09. The van der Waals surface area contributed by atoms with E-state index in [-0.39, 0.29) is 11.4 Å². The van der Waals surface area contributed by atoms with Crippen LogP contribution in [0.4, 0.5) is 0 Å². The van der Waals surface area contributed by atoms with E-state index in [4.69, 9.17) is 0 Å². The fourth-order valence-corrected chi connectivity index (χ4v) is 2.34. The molecule has 0 aromatic rings. The number of likely N-dealkylation sites (N-methyl/N-ethyl adjacent to an activating group) is 1. The van der Waals surface area contributed by atoms with Crippen LogP contribution < -0.4 is 10.6 Å². The molecule has 0 aliphatic carbocycles. The quantitative estimate of drug-likeness (QED) is 0.750. The van der Waals surface area contributed by atoms with Gasteiger partial charge in [0.1, 0.15) is 0 Å². The van der Waals surface area contributed by atoms with Gasteiger partial charge in [-0.3, -0.25) is 9.69 Å². The van der Waals surface area contributed by atoms with Gasteiger partial charge in [-0.2, -0.15) is 0 Å². The molecule has 0 radical (unpaired) electrons. The first-order valence-corrected chi connectivity index (χ1v) is 7.13. The van der Waals surface area contributed by atoms with Crippen molar-refractivity contribution >= 4 is 5.91 Å². The summed E-state index contributed by atoms with van der Waals surface area (Å²) >= 11 is 0. The first-order valence-electron chi connectivity index (χ1n) is 7.13. The molecule has 1 aliphatic rings. The molecule has 0 spiro atoms. The molecule has 1 unspecified atom stereocenters. The van der Waals surface area contributed by atoms with Crippen LogP contribution in [-0.2, 0) is 4.79 Å². The van der Waals surface area contributed by atoms with Crippen LogP contribution in [0.15, 0.2) is 0 Å². The summed E-state index contributed by atoms with van der Waals surface area (Å²) in [5.41, 5.74) is -0.0929. The maximum absolute atomic E-state index is 11.9. The standard InChI is InChI=1S/C14H29N3O/c1-5-14(2,3)16-13(18)11-17(4)10-12-7-6-8-15-9-12/h12,15H,5-11H2,1-4H3,(H,16,18). The van der Waals surface area contributed by atoms with Gasteiger partial charge in [-0.15, -0.1) is 0 Å². The zero-order valence-electron chi connectivity index (χ0n) is 12.4. The van der Waals surface area contributed by atoms with Crippen LogP contribution in [0.25, 0.3) is 0 Å². The maximum atomic E-state index is 11.9. The van der Waals surface area contributed by atoms with E-state index in [1.807, 2.05) is 7.05 Å². The predicted octanol–water partition coefficient (Wildman–Crippen LogP) is 1.22. The molecular weight excluding hydrogens is 226 g/mol. The third-order valence-corrected chi connectivity index (χ3v) is 3.74. The van der Waals surface area contributed by atoms with Crippen LogP contribution in [0.5, 0.6) is 0 Å². The van der Waals surface area contributed by atoms with Crippen molar-refractivity contribution in [3.05, 3.63) is 0 Å². The van der Waals surface area contributed by atoms with Crippen molar-refractivity contribution in [1.82, 2.24) is 15.5 Å². The number of amides is 1. The Morgan fingerprint density at radius 1 is 1.50 bits per heavy atom. The summed E-state index contributed by atoms with van der Waals surface area (Å²) in [5.74, 6) is 0.823. The third kappa shape index (κ3) is 5.83. The van der Waals surface area contributed by atoms with E-state index in [9.17, 15) is 4.79 Å². The van der Waals surface area contributed by atoms with Crippen LogP contribution in [0.3, 0.4) is 0 Å². The van der Waals surface area contributed by atoms with E-state index in [0.717, 1.165) is 26.1 Å². The lowest BCUT2D eigenvalue weighted by Crippen LogP contribution is -2.47. The van der Waals surface area contributed by atoms with Crippen LogP contribution in [0.1, 0.15) is 40.0 Å². The zero-order valence-corrected chi connectivity index (χ0v) is 12.4. The molecule has 106 valence electrons. The van der Waals surface area contributed by atoms with Crippen molar-refractivity contribution in [3.8, 4) is 0 Å². The SMILES string of the molecule is CCC(C)(C)NC(=O)CN(C)CC1CCCNC1. The Labute approximate surface area is 111 Å². The zero-order chi connectivity index (χ0) is 13.6. The molecule has 1 amide bonds. The second kappa shape index (κ2) is 7.10. The molecular formula is C14H29N3O. The van der Waals surface area contributed by atoms with Gasteiger partial charge in [-0.05, 0) is 59.2 Å². The average molecular weight is 255 g/mol. The summed E-state index contributed by atoms with van der Waals surface area (Å²) in [7, 11) is 2.03. The Balaban J connectivity index is 2.26. The van der Waals surface area contributed by atoms with Gasteiger partial charge in [-0.25, -0.2) is 0 Å². The summed E-state index contributed by atoms with van der Waals surface area (Å²) in [5, 5.41) is 6.49. The van der Waals surface area contributed by atoms with Crippen LogP contribution in [-0.4, -0.2) is 49.6 Å². The highest BCUT2D eigenvalue weighted by Gasteiger charge is 2.20. The molecule has 18 heavy (non-hydrogen) atoms. The number of carbonyl (C=O) groups excluding carboxylic acids is 1. The lowest BCUT2D eigenvalue weighted by Gasteiger charge is -2.29. The second-order valence-corrected chi connectivity index (χ2v) is 6.19. The Morgan fingerprint density at radius 3 is 2.78 bits per heavy atom. The number of piperidine rings is 1. The average Bonchev–Trinajstić information content (AvgIpc) is 2.29. The molecule has 0 aromatic carbocycles. The first-order chi connectivity index (χ1) is 8.43. The van der Waals surface area contributed by atoms with E-state index in [1.165, 1.54) is 12.8 Å². The van der Waals surface area contributed by atoms with Crippen molar-refractivity contribution in [2.75, 3.05) is 33.2 Å². The molecule has 2 N–H and O–H groups in total. The van der Waals surface area contributed by atoms with E-state index < -0.39 is 0 Å². The molecule has 0 bridgehead atoms. The minimum atomic E-state index is -0.0929. The minimum Gasteiger partial charge on any atom is -0.350 e. The molecule has 1 saturated heterocycles. The van der Waals surface area contributed by atoms with Gasteiger partial charge in [0.25, 0.3) is 0 Å². The molecule has 1 fully saturated rings. The van der Waals surface area contributed by atoms with Crippen molar-refractivity contribution < 1.29 is 4.79 Å². The van der Waals surface area contributed by atoms with Gasteiger partial charge in [0.15, 0.2) is 0 Å². The van der Waals surface area contributed by atoms with Gasteiger partial charge >= 0.3 is 0 Å². The molecule has 1 atom stereocenters. The van der Waals surface area contributed by atoms with Crippen molar-refractivity contribution in [2.45, 2.75) is 45.6 Å². The lowest BCUT2D eigenvalue weighted by molar-refractivity contribution is -0.123. The third-order valence-electron chi connectivity index (χ3n) is 3.74. The molecule has 1 heterocycles. The molecule has 1 rings (SSSR count). The van der Waals surface area contributed by atoms with Crippen molar-refractivity contribution in [3.63, 3.8) is 0 Å². The minimum absolute atomic E-state index is 0.0929. The van der Waals surface area contributed by atoms with E-state index in [0.29, 0.717) is 12.5 Å². The van der Waals surface area contributed by atoms with E-state index in [2.05, 4.69) is 36.3 Å². The Bertz CT molecular complexity index is 260. The largest absolute Gasteiger partial charge is 0.350 e. The van der Waals surface area contributed by atoms with Crippen LogP contribution >= 0.6 is 0 Å². The number of hydrogen-bond acceptors (Lipinski definition) is 3. The van der Waals surface area contributed by atoms with Gasteiger partial charge in [0, 0.05) is 12.1 Å². The van der Waals surface area contributed by atoms with Gasteiger partial charge < -0.3 is 10.6 Å². The van der Waals surface area contributed by atoms with Gasteiger partial charge in [0.2, 0.25) is 5.91 Å². The smallest absolute Gasteiger partial charge is 0.234 e. The number of nitrogens with zero attached hydrogens (tertiary/aromatic N) is 1. The van der Waals surface area contributed by atoms with Gasteiger partial charge in [-0.1, -0.05) is 6.92 Å². The maximum Gasteiger partial charge on any atom is 0.234 e. The summed E-state index contributed by atoms with van der Waals surface area (Å²) < 4.78 is 0. The predicted molar refractivity (Wildman–Crippen MR) is 75.6 cm³/mol. The number of rotatable bonds is 6. The second-order valence-electron chi connectivity index (χ2n) is 6.19. The highest BCUT2D eigenvalue weighted by atomic mass is 16.2. The summed E-state index contributed by atoms with van der Waals surface area (Å²) in [6, 6.07) is 0. The number of nitrogens with one attached hydrogen (secondary N) is 2. The molecule has 1 aliphatic heterocycles. The molecule has 0 saturated carbocycles. The fraction of sp³-hybridized carbons (Fsp3) is 0.929. The van der Waals surface area contributed by atoms with Gasteiger partial charge in [0.05, 0.1) is 6.54 Å². The number of carbonyl (C=O) groups is 1. The topological polar surface area (TPSA) is 44.4 Å². The highest BCUT2D eigenvalue weighted by molar-refractivity contribution is 5.78. The summed E-state index contributed by atoms with van der Waals surface area (Å²) in [6.07, 6.45) is 3.49. The monoisotopic (exact) mass is 255 g/mol. The first kappa shape index (κ1) is 15.4. The van der Waals surface area contributed by atoms with Crippen LogP contribution in [0, 0.1) is 5.92 Å². The molecule has 4 heteroatoms. The van der Waals surface area contributed by atoms with E-state index >= 15 is 0 Å². The van der Waals surface area contributed by atoms with Crippen molar-refractivity contribution in [1.29, 1.82) is 0 Å². The lowest BCUT2D eigenvalue weighted by atomic mass is 9.99. The Morgan fingerprint density at radius 2 is 2.22 bits per heavy atom. The van der Waals surface area contributed by atoms with Crippen LogP contribution in [0.2, 0.25) is 0 Å².